The number of alkyl halides is 5. The SMILES string of the molecule is O=C(O)c1cnc(OC(F)(F)F)c(O)c1C(F)F. The van der Waals surface area contributed by atoms with Gasteiger partial charge < -0.3 is 14.9 Å². The first-order valence-electron chi connectivity index (χ1n) is 4.12. The number of carboxylic acid groups (broad SMARTS) is 1. The highest BCUT2D eigenvalue weighted by Crippen LogP contribution is 2.38. The molecule has 5 nitrogen and oxygen atoms in total. The average Bonchev–Trinajstić information content (AvgIpc) is 2.17. The number of carbonyl (C=O) groups is 1. The van der Waals surface area contributed by atoms with E-state index in [4.69, 9.17) is 10.2 Å². The molecular formula is C8H4F5NO4. The summed E-state index contributed by atoms with van der Waals surface area (Å²) < 4.78 is 63.6. The van der Waals surface area contributed by atoms with E-state index in [1.54, 1.807) is 0 Å². The van der Waals surface area contributed by atoms with Crippen molar-refractivity contribution in [2.45, 2.75) is 12.8 Å². The van der Waals surface area contributed by atoms with Gasteiger partial charge in [-0.3, -0.25) is 0 Å². The molecule has 0 saturated carbocycles. The fraction of sp³-hybridized carbons (Fsp3) is 0.250. The van der Waals surface area contributed by atoms with Gasteiger partial charge in [0.05, 0.1) is 11.1 Å². The lowest BCUT2D eigenvalue weighted by Crippen LogP contribution is -2.19. The summed E-state index contributed by atoms with van der Waals surface area (Å²) in [6, 6.07) is 0. The molecule has 0 bridgehead atoms. The third kappa shape index (κ3) is 2.96. The summed E-state index contributed by atoms with van der Waals surface area (Å²) >= 11 is 0. The standard InChI is InChI=1S/C8H4F5NO4/c9-5(10)3-2(7(16)17)1-14-6(4(3)15)18-8(11,12)13/h1,5,15H,(H,16,17). The number of rotatable bonds is 3. The molecule has 18 heavy (non-hydrogen) atoms. The van der Waals surface area contributed by atoms with Crippen LogP contribution in [0, 0.1) is 0 Å². The molecule has 0 aliphatic heterocycles. The van der Waals surface area contributed by atoms with Crippen molar-refractivity contribution in [3.05, 3.63) is 17.3 Å². The Kier molecular flexibility index (Phi) is 3.58. The van der Waals surface area contributed by atoms with E-state index in [0.29, 0.717) is 0 Å². The van der Waals surface area contributed by atoms with Gasteiger partial charge in [-0.2, -0.15) is 0 Å². The van der Waals surface area contributed by atoms with Crippen LogP contribution >= 0.6 is 0 Å². The zero-order valence-corrected chi connectivity index (χ0v) is 8.20. The average molecular weight is 273 g/mol. The van der Waals surface area contributed by atoms with Crippen LogP contribution in [0.5, 0.6) is 11.6 Å². The predicted octanol–water partition coefficient (Wildman–Crippen LogP) is 2.32. The van der Waals surface area contributed by atoms with Crippen LogP contribution in [0.2, 0.25) is 0 Å². The van der Waals surface area contributed by atoms with E-state index in [2.05, 4.69) is 9.72 Å². The predicted molar refractivity (Wildman–Crippen MR) is 44.5 cm³/mol. The maximum atomic E-state index is 12.5. The summed E-state index contributed by atoms with van der Waals surface area (Å²) in [6.07, 6.45) is -8.52. The molecule has 0 saturated heterocycles. The highest BCUT2D eigenvalue weighted by atomic mass is 19.4. The minimum Gasteiger partial charge on any atom is -0.503 e. The van der Waals surface area contributed by atoms with Crippen LogP contribution in [-0.4, -0.2) is 27.5 Å². The summed E-state index contributed by atoms with van der Waals surface area (Å²) in [5, 5.41) is 17.6. The lowest BCUT2D eigenvalue weighted by Gasteiger charge is -2.13. The number of aromatic carboxylic acids is 1. The van der Waals surface area contributed by atoms with Crippen molar-refractivity contribution in [3.63, 3.8) is 0 Å². The molecule has 0 unspecified atom stereocenters. The Morgan fingerprint density at radius 2 is 1.94 bits per heavy atom. The van der Waals surface area contributed by atoms with E-state index < -0.39 is 41.5 Å². The molecule has 10 heteroatoms. The number of hydrogen-bond acceptors (Lipinski definition) is 4. The Morgan fingerprint density at radius 1 is 1.39 bits per heavy atom. The number of nitrogens with zero attached hydrogens (tertiary/aromatic N) is 1. The van der Waals surface area contributed by atoms with E-state index in [9.17, 15) is 26.7 Å². The zero-order valence-electron chi connectivity index (χ0n) is 8.20. The molecule has 0 radical (unpaired) electrons. The smallest absolute Gasteiger partial charge is 0.503 e. The van der Waals surface area contributed by atoms with Crippen LogP contribution in [0.1, 0.15) is 22.3 Å². The highest BCUT2D eigenvalue weighted by molar-refractivity contribution is 5.90. The van der Waals surface area contributed by atoms with Crippen molar-refractivity contribution >= 4 is 5.97 Å². The van der Waals surface area contributed by atoms with Crippen molar-refractivity contribution in [1.29, 1.82) is 0 Å². The van der Waals surface area contributed by atoms with Gasteiger partial charge in [0.15, 0.2) is 5.75 Å². The molecule has 1 heterocycles. The first kappa shape index (κ1) is 13.9. The summed E-state index contributed by atoms with van der Waals surface area (Å²) in [6.45, 7) is 0. The van der Waals surface area contributed by atoms with Crippen LogP contribution in [0.3, 0.4) is 0 Å². The van der Waals surface area contributed by atoms with Crippen molar-refractivity contribution in [1.82, 2.24) is 4.98 Å². The number of halogens is 5. The fourth-order valence-corrected chi connectivity index (χ4v) is 1.07. The van der Waals surface area contributed by atoms with Gasteiger partial charge in [0.1, 0.15) is 0 Å². The molecule has 0 amide bonds. The Morgan fingerprint density at radius 3 is 2.33 bits per heavy atom. The normalized spacial score (nSPS) is 11.7. The summed E-state index contributed by atoms with van der Waals surface area (Å²) in [5.74, 6) is -5.07. The summed E-state index contributed by atoms with van der Waals surface area (Å²) in [5.41, 5.74) is -2.60. The molecule has 0 aromatic carbocycles. The van der Waals surface area contributed by atoms with Crippen molar-refractivity contribution in [3.8, 4) is 11.6 Å². The molecule has 1 rings (SSSR count). The number of hydrogen-bond donors (Lipinski definition) is 2. The van der Waals surface area contributed by atoms with Gasteiger partial charge in [-0.1, -0.05) is 0 Å². The molecule has 0 fully saturated rings. The minimum absolute atomic E-state index is 0.241. The minimum atomic E-state index is -5.26. The maximum absolute atomic E-state index is 12.5. The Labute approximate surface area is 95.4 Å². The Balaban J connectivity index is 3.35. The lowest BCUT2D eigenvalue weighted by atomic mass is 10.1. The van der Waals surface area contributed by atoms with Crippen molar-refractivity contribution < 1.29 is 41.7 Å². The summed E-state index contributed by atoms with van der Waals surface area (Å²) in [7, 11) is 0. The first-order chi connectivity index (χ1) is 8.13. The summed E-state index contributed by atoms with van der Waals surface area (Å²) in [4.78, 5) is 13.3. The Hall–Kier alpha value is -2.13. The largest absolute Gasteiger partial charge is 0.574 e. The topological polar surface area (TPSA) is 79.7 Å². The number of aromatic hydroxyl groups is 1. The number of pyridine rings is 1. The molecule has 2 N–H and O–H groups in total. The van der Waals surface area contributed by atoms with Gasteiger partial charge in [0, 0.05) is 6.20 Å². The molecule has 1 aromatic heterocycles. The quantitative estimate of drug-likeness (QED) is 0.826. The van der Waals surface area contributed by atoms with Gasteiger partial charge in [-0.25, -0.2) is 18.6 Å². The number of aromatic nitrogens is 1. The van der Waals surface area contributed by atoms with Gasteiger partial charge in [0.2, 0.25) is 0 Å². The second kappa shape index (κ2) is 4.63. The van der Waals surface area contributed by atoms with Crippen molar-refractivity contribution in [2.24, 2.45) is 0 Å². The van der Waals surface area contributed by atoms with E-state index >= 15 is 0 Å². The van der Waals surface area contributed by atoms with Gasteiger partial charge in [0.25, 0.3) is 12.3 Å². The molecule has 0 aliphatic carbocycles. The van der Waals surface area contributed by atoms with Gasteiger partial charge >= 0.3 is 12.3 Å². The monoisotopic (exact) mass is 273 g/mol. The van der Waals surface area contributed by atoms with E-state index in [0.717, 1.165) is 0 Å². The first-order valence-corrected chi connectivity index (χ1v) is 4.12. The lowest BCUT2D eigenvalue weighted by molar-refractivity contribution is -0.276. The van der Waals surface area contributed by atoms with E-state index in [1.165, 1.54) is 0 Å². The highest BCUT2D eigenvalue weighted by Gasteiger charge is 2.35. The third-order valence-electron chi connectivity index (χ3n) is 1.72. The molecule has 0 aliphatic rings. The zero-order chi connectivity index (χ0) is 14.1. The molecule has 0 spiro atoms. The molecule has 100 valence electrons. The van der Waals surface area contributed by atoms with Gasteiger partial charge in [-0.15, -0.1) is 13.2 Å². The van der Waals surface area contributed by atoms with Crippen molar-refractivity contribution in [2.75, 3.05) is 0 Å². The molecule has 1 aromatic rings. The van der Waals surface area contributed by atoms with Crippen LogP contribution in [0.15, 0.2) is 6.20 Å². The second-order valence-electron chi connectivity index (χ2n) is 2.89. The van der Waals surface area contributed by atoms with Crippen LogP contribution in [0.25, 0.3) is 0 Å². The Bertz CT molecular complexity index is 473. The van der Waals surface area contributed by atoms with Crippen LogP contribution in [0.4, 0.5) is 22.0 Å². The van der Waals surface area contributed by atoms with Gasteiger partial charge in [-0.05, 0) is 0 Å². The fourth-order valence-electron chi connectivity index (χ4n) is 1.07. The van der Waals surface area contributed by atoms with E-state index in [1.807, 2.05) is 0 Å². The molecule has 0 atom stereocenters. The number of carboxylic acids is 1. The van der Waals surface area contributed by atoms with Crippen LogP contribution < -0.4 is 4.74 Å². The van der Waals surface area contributed by atoms with Crippen LogP contribution in [-0.2, 0) is 0 Å². The number of ether oxygens (including phenoxy) is 1. The second-order valence-corrected chi connectivity index (χ2v) is 2.89. The van der Waals surface area contributed by atoms with E-state index in [-0.39, 0.29) is 6.20 Å². The maximum Gasteiger partial charge on any atom is 0.574 e. The molecular weight excluding hydrogens is 269 g/mol. The third-order valence-corrected chi connectivity index (χ3v) is 1.72.